The Labute approximate surface area is 131 Å². The van der Waals surface area contributed by atoms with Crippen LogP contribution in [0.4, 0.5) is 11.9 Å². The third-order valence-electron chi connectivity index (χ3n) is 3.30. The molecular formula is C16H23N5O. The van der Waals surface area contributed by atoms with Crippen molar-refractivity contribution in [2.75, 3.05) is 17.7 Å². The summed E-state index contributed by atoms with van der Waals surface area (Å²) in [5.74, 6) is 1.33. The van der Waals surface area contributed by atoms with Crippen molar-refractivity contribution in [2.24, 2.45) is 0 Å². The van der Waals surface area contributed by atoms with Gasteiger partial charge in [0.1, 0.15) is 5.82 Å². The van der Waals surface area contributed by atoms with Crippen molar-refractivity contribution in [3.8, 4) is 0 Å². The molecule has 0 aliphatic rings. The van der Waals surface area contributed by atoms with Crippen LogP contribution in [0.15, 0.2) is 24.3 Å². The highest BCUT2D eigenvalue weighted by Gasteiger charge is 2.09. The van der Waals surface area contributed by atoms with Crippen LogP contribution in [0.3, 0.4) is 0 Å². The second kappa shape index (κ2) is 7.70. The number of nitrogens with two attached hydrogens (primary N) is 1. The minimum Gasteiger partial charge on any atom is -0.375 e. The molecule has 1 aromatic heterocycles. The van der Waals surface area contributed by atoms with E-state index in [0.29, 0.717) is 25.0 Å². The fraction of sp³-hybridized carbons (Fsp3) is 0.438. The largest absolute Gasteiger partial charge is 0.375 e. The molecule has 6 nitrogen and oxygen atoms in total. The summed E-state index contributed by atoms with van der Waals surface area (Å²) in [6.45, 7) is 7.12. The van der Waals surface area contributed by atoms with E-state index in [2.05, 4.69) is 58.4 Å². The van der Waals surface area contributed by atoms with Gasteiger partial charge in [0.15, 0.2) is 0 Å². The number of ether oxygens (including phenoxy) is 1. The van der Waals surface area contributed by atoms with Gasteiger partial charge in [0.2, 0.25) is 11.9 Å². The Bertz CT molecular complexity index is 580. The maximum atomic E-state index is 5.78. The average Bonchev–Trinajstić information content (AvgIpc) is 2.47. The summed E-state index contributed by atoms with van der Waals surface area (Å²) in [7, 11) is 0. The molecule has 0 radical (unpaired) electrons. The zero-order valence-electron chi connectivity index (χ0n) is 13.3. The Morgan fingerprint density at radius 1 is 1.14 bits per heavy atom. The van der Waals surface area contributed by atoms with Gasteiger partial charge in [-0.2, -0.15) is 15.0 Å². The molecule has 0 saturated carbocycles. The molecule has 0 spiro atoms. The first kappa shape index (κ1) is 16.2. The van der Waals surface area contributed by atoms with E-state index in [1.807, 2.05) is 0 Å². The number of anilines is 2. The SMILES string of the molecule is CCC(COCc1ccc(C)cc1)Nc1nc(C)nc(N)n1. The first-order chi connectivity index (χ1) is 10.6. The smallest absolute Gasteiger partial charge is 0.228 e. The number of nitrogens with zero attached hydrogens (tertiary/aromatic N) is 3. The second-order valence-corrected chi connectivity index (χ2v) is 5.31. The van der Waals surface area contributed by atoms with Gasteiger partial charge < -0.3 is 15.8 Å². The predicted molar refractivity (Wildman–Crippen MR) is 87.5 cm³/mol. The van der Waals surface area contributed by atoms with Gasteiger partial charge in [0.25, 0.3) is 0 Å². The monoisotopic (exact) mass is 301 g/mol. The molecule has 1 unspecified atom stereocenters. The molecule has 0 amide bonds. The van der Waals surface area contributed by atoms with E-state index in [1.54, 1.807) is 6.92 Å². The number of rotatable bonds is 7. The van der Waals surface area contributed by atoms with Gasteiger partial charge in [-0.05, 0) is 25.8 Å². The number of hydrogen-bond acceptors (Lipinski definition) is 6. The van der Waals surface area contributed by atoms with Crippen LogP contribution in [0.5, 0.6) is 0 Å². The first-order valence-corrected chi connectivity index (χ1v) is 7.44. The molecule has 0 aliphatic heterocycles. The number of benzene rings is 1. The maximum absolute atomic E-state index is 5.78. The molecule has 1 heterocycles. The van der Waals surface area contributed by atoms with Crippen molar-refractivity contribution in [3.05, 3.63) is 41.2 Å². The molecule has 6 heteroatoms. The third kappa shape index (κ3) is 4.96. The quantitative estimate of drug-likeness (QED) is 0.817. The molecule has 118 valence electrons. The minimum absolute atomic E-state index is 0.131. The summed E-state index contributed by atoms with van der Waals surface area (Å²) in [6, 6.07) is 8.47. The highest BCUT2D eigenvalue weighted by atomic mass is 16.5. The van der Waals surface area contributed by atoms with E-state index in [0.717, 1.165) is 6.42 Å². The Morgan fingerprint density at radius 3 is 2.50 bits per heavy atom. The molecule has 3 N–H and O–H groups in total. The average molecular weight is 301 g/mol. The summed E-state index contributed by atoms with van der Waals surface area (Å²) < 4.78 is 5.78. The molecule has 0 saturated heterocycles. The normalized spacial score (nSPS) is 12.1. The van der Waals surface area contributed by atoms with Gasteiger partial charge in [-0.3, -0.25) is 0 Å². The van der Waals surface area contributed by atoms with Crippen molar-refractivity contribution in [3.63, 3.8) is 0 Å². The molecule has 1 aromatic carbocycles. The van der Waals surface area contributed by atoms with Crippen LogP contribution >= 0.6 is 0 Å². The molecule has 2 rings (SSSR count). The van der Waals surface area contributed by atoms with Crippen LogP contribution in [-0.4, -0.2) is 27.6 Å². The standard InChI is InChI=1S/C16H23N5O/c1-4-14(20-16-19-12(3)18-15(17)21-16)10-22-9-13-7-5-11(2)6-8-13/h5-8,14H,4,9-10H2,1-3H3,(H3,17,18,19,20,21). The van der Waals surface area contributed by atoms with Gasteiger partial charge in [0, 0.05) is 0 Å². The fourth-order valence-corrected chi connectivity index (χ4v) is 2.01. The van der Waals surface area contributed by atoms with Crippen LogP contribution in [0.25, 0.3) is 0 Å². The van der Waals surface area contributed by atoms with Crippen LogP contribution in [0.1, 0.15) is 30.3 Å². The first-order valence-electron chi connectivity index (χ1n) is 7.44. The van der Waals surface area contributed by atoms with Crippen molar-refractivity contribution in [1.29, 1.82) is 0 Å². The number of aromatic nitrogens is 3. The van der Waals surface area contributed by atoms with E-state index >= 15 is 0 Å². The molecule has 22 heavy (non-hydrogen) atoms. The fourth-order valence-electron chi connectivity index (χ4n) is 2.01. The third-order valence-corrected chi connectivity index (χ3v) is 3.30. The molecule has 0 fully saturated rings. The second-order valence-electron chi connectivity index (χ2n) is 5.31. The van der Waals surface area contributed by atoms with Crippen LogP contribution in [0, 0.1) is 13.8 Å². The van der Waals surface area contributed by atoms with Crippen molar-refractivity contribution >= 4 is 11.9 Å². The van der Waals surface area contributed by atoms with Crippen molar-refractivity contribution < 1.29 is 4.74 Å². The lowest BCUT2D eigenvalue weighted by molar-refractivity contribution is 0.111. The van der Waals surface area contributed by atoms with Crippen molar-refractivity contribution in [1.82, 2.24) is 15.0 Å². The van der Waals surface area contributed by atoms with Gasteiger partial charge in [-0.1, -0.05) is 36.8 Å². The van der Waals surface area contributed by atoms with E-state index in [9.17, 15) is 0 Å². The number of aryl methyl sites for hydroxylation is 2. The van der Waals surface area contributed by atoms with Crippen LogP contribution in [0.2, 0.25) is 0 Å². The van der Waals surface area contributed by atoms with Gasteiger partial charge in [-0.25, -0.2) is 0 Å². The zero-order chi connectivity index (χ0) is 15.9. The Kier molecular flexibility index (Phi) is 5.66. The van der Waals surface area contributed by atoms with Crippen LogP contribution < -0.4 is 11.1 Å². The van der Waals surface area contributed by atoms with E-state index in [-0.39, 0.29) is 12.0 Å². The van der Waals surface area contributed by atoms with Crippen LogP contribution in [-0.2, 0) is 11.3 Å². The summed E-state index contributed by atoms with van der Waals surface area (Å²) in [4.78, 5) is 12.3. The Hall–Kier alpha value is -2.21. The lowest BCUT2D eigenvalue weighted by Gasteiger charge is -2.17. The lowest BCUT2D eigenvalue weighted by atomic mass is 10.2. The molecule has 0 aliphatic carbocycles. The van der Waals surface area contributed by atoms with E-state index in [4.69, 9.17) is 10.5 Å². The summed E-state index contributed by atoms with van der Waals surface area (Å²) in [5, 5.41) is 3.24. The maximum Gasteiger partial charge on any atom is 0.228 e. The van der Waals surface area contributed by atoms with E-state index in [1.165, 1.54) is 11.1 Å². The highest BCUT2D eigenvalue weighted by molar-refractivity contribution is 5.31. The summed E-state index contributed by atoms with van der Waals surface area (Å²) in [5.41, 5.74) is 8.05. The summed E-state index contributed by atoms with van der Waals surface area (Å²) in [6.07, 6.45) is 0.901. The van der Waals surface area contributed by atoms with Gasteiger partial charge in [-0.15, -0.1) is 0 Å². The predicted octanol–water partition coefficient (Wildman–Crippen LogP) is 2.48. The Morgan fingerprint density at radius 2 is 1.86 bits per heavy atom. The number of nitrogens with one attached hydrogen (secondary N) is 1. The minimum atomic E-state index is 0.131. The summed E-state index contributed by atoms with van der Waals surface area (Å²) >= 11 is 0. The number of nitrogen functional groups attached to an aromatic ring is 1. The lowest BCUT2D eigenvalue weighted by Crippen LogP contribution is -2.26. The highest BCUT2D eigenvalue weighted by Crippen LogP contribution is 2.08. The number of hydrogen-bond donors (Lipinski definition) is 2. The van der Waals surface area contributed by atoms with Gasteiger partial charge in [0.05, 0.1) is 19.3 Å². The van der Waals surface area contributed by atoms with E-state index < -0.39 is 0 Å². The topological polar surface area (TPSA) is 86.0 Å². The molecular weight excluding hydrogens is 278 g/mol. The van der Waals surface area contributed by atoms with Gasteiger partial charge >= 0.3 is 0 Å². The molecule has 2 aromatic rings. The zero-order valence-corrected chi connectivity index (χ0v) is 13.3. The molecule has 1 atom stereocenters. The Balaban J connectivity index is 1.85. The molecule has 0 bridgehead atoms. The van der Waals surface area contributed by atoms with Crippen molar-refractivity contribution in [2.45, 2.75) is 39.8 Å².